The summed E-state index contributed by atoms with van der Waals surface area (Å²) in [6.07, 6.45) is 22.0. The normalized spacial score (nSPS) is 29.8. The maximum atomic E-state index is 12.8. The smallest absolute Gasteiger partial charge is 0.407 e. The number of ether oxygens (including phenoxy) is 1. The minimum atomic E-state index is -0.259. The molecule has 0 spiro atoms. The highest BCUT2D eigenvalue weighted by Gasteiger charge is 2.49. The van der Waals surface area contributed by atoms with Crippen molar-refractivity contribution in [3.05, 3.63) is 47.7 Å². The Morgan fingerprint density at radius 3 is 2.77 bits per heavy atom. The quantitative estimate of drug-likeness (QED) is 0.229. The van der Waals surface area contributed by atoms with Gasteiger partial charge in [-0.15, -0.1) is 0 Å². The average molecular weight is 589 g/mol. The zero-order valence-corrected chi connectivity index (χ0v) is 27.9. The fourth-order valence-corrected chi connectivity index (χ4v) is 9.31. The lowest BCUT2D eigenvalue weighted by Gasteiger charge is -2.52. The summed E-state index contributed by atoms with van der Waals surface area (Å²) < 4.78 is 6.02. The number of nitrogens with one attached hydrogen (secondary N) is 2. The minimum absolute atomic E-state index is 0.00154. The minimum Gasteiger partial charge on any atom is -0.446 e. The molecule has 3 aliphatic rings. The van der Waals surface area contributed by atoms with Crippen LogP contribution in [-0.2, 0) is 11.2 Å². The summed E-state index contributed by atoms with van der Waals surface area (Å²) in [7, 11) is 0. The van der Waals surface area contributed by atoms with Gasteiger partial charge in [-0.3, -0.25) is 0 Å². The first-order valence-electron chi connectivity index (χ1n) is 18.0. The first-order chi connectivity index (χ1) is 20.8. The number of para-hydroxylation sites is 1. The average Bonchev–Trinajstić information content (AvgIpc) is 3.64. The van der Waals surface area contributed by atoms with Crippen molar-refractivity contribution in [3.63, 3.8) is 0 Å². The summed E-state index contributed by atoms with van der Waals surface area (Å²) in [6.45, 7) is 12.8. The number of alkyl carbamates (subject to hydrolysis) is 1. The fraction of sp³-hybridized carbons (Fsp3) is 0.718. The number of allylic oxidation sites excluding steroid dienone is 1. The highest BCUT2D eigenvalue weighted by molar-refractivity contribution is 5.83. The van der Waals surface area contributed by atoms with Gasteiger partial charge in [-0.25, -0.2) is 4.79 Å². The Hall–Kier alpha value is -2.23. The second kappa shape index (κ2) is 14.7. The lowest BCUT2D eigenvalue weighted by molar-refractivity contribution is 0.0181. The summed E-state index contributed by atoms with van der Waals surface area (Å²) >= 11 is 0. The summed E-state index contributed by atoms with van der Waals surface area (Å²) in [5.41, 5.74) is 4.23. The van der Waals surface area contributed by atoms with E-state index in [1.165, 1.54) is 75.2 Å². The highest BCUT2D eigenvalue weighted by Crippen LogP contribution is 2.58. The van der Waals surface area contributed by atoms with Gasteiger partial charge in [0.2, 0.25) is 0 Å². The second-order valence-corrected chi connectivity index (χ2v) is 15.2. The molecule has 238 valence electrons. The number of carbonyl (C=O) groups excluding carboxylic acids is 1. The van der Waals surface area contributed by atoms with Crippen LogP contribution in [0.15, 0.2) is 42.1 Å². The summed E-state index contributed by atoms with van der Waals surface area (Å²) in [6, 6.07) is 8.33. The van der Waals surface area contributed by atoms with E-state index in [1.54, 1.807) is 5.57 Å². The van der Waals surface area contributed by atoms with Crippen LogP contribution in [0.1, 0.15) is 124 Å². The number of benzene rings is 1. The van der Waals surface area contributed by atoms with Gasteiger partial charge in [-0.1, -0.05) is 96.6 Å². The first kappa shape index (κ1) is 32.2. The molecule has 2 saturated carbocycles. The van der Waals surface area contributed by atoms with Gasteiger partial charge >= 0.3 is 6.09 Å². The third-order valence-electron chi connectivity index (χ3n) is 12.0. The maximum absolute atomic E-state index is 12.8. The monoisotopic (exact) mass is 588 g/mol. The number of hydrogen-bond donors (Lipinski definition) is 2. The number of unbranched alkanes of at least 4 members (excludes halogenated alkanes) is 1. The van der Waals surface area contributed by atoms with Crippen molar-refractivity contribution in [3.8, 4) is 0 Å². The van der Waals surface area contributed by atoms with E-state index >= 15 is 0 Å². The zero-order valence-electron chi connectivity index (χ0n) is 27.9. The van der Waals surface area contributed by atoms with Crippen LogP contribution in [0, 0.1) is 40.9 Å². The van der Waals surface area contributed by atoms with Crippen LogP contribution in [0.25, 0.3) is 10.9 Å². The van der Waals surface area contributed by atoms with Gasteiger partial charge in [-0.2, -0.15) is 0 Å². The van der Waals surface area contributed by atoms with Crippen molar-refractivity contribution in [2.45, 2.75) is 131 Å². The third-order valence-corrected chi connectivity index (χ3v) is 12.0. The maximum Gasteiger partial charge on any atom is 0.407 e. The van der Waals surface area contributed by atoms with Crippen LogP contribution in [0.3, 0.4) is 0 Å². The van der Waals surface area contributed by atoms with Crippen molar-refractivity contribution >= 4 is 17.0 Å². The van der Waals surface area contributed by atoms with E-state index in [0.29, 0.717) is 6.54 Å². The molecule has 1 aromatic heterocycles. The van der Waals surface area contributed by atoms with Gasteiger partial charge in [0.1, 0.15) is 6.10 Å². The SMILES string of the molecule is CCCC[C@H]1[C@H](C2CCC([C@H](C)CCCC(C)C)C2)CC=C2C[C@@H](OC(=O)NCCc3c[nH]c4ccccc34)CC[C@@]21C. The molecule has 0 saturated heterocycles. The topological polar surface area (TPSA) is 54.1 Å². The van der Waals surface area contributed by atoms with E-state index < -0.39 is 0 Å². The van der Waals surface area contributed by atoms with Crippen molar-refractivity contribution in [2.75, 3.05) is 6.54 Å². The number of H-pyrrole nitrogens is 1. The molecule has 4 heteroatoms. The lowest BCUT2D eigenvalue weighted by Crippen LogP contribution is -2.45. The largest absolute Gasteiger partial charge is 0.446 e. The molecule has 2 fully saturated rings. The molecule has 43 heavy (non-hydrogen) atoms. The highest BCUT2D eigenvalue weighted by atomic mass is 16.6. The lowest BCUT2D eigenvalue weighted by atomic mass is 9.53. The summed E-state index contributed by atoms with van der Waals surface area (Å²) in [5, 5.41) is 4.26. The summed E-state index contributed by atoms with van der Waals surface area (Å²) in [5.74, 6) is 5.14. The molecule has 0 radical (unpaired) electrons. The van der Waals surface area contributed by atoms with Gasteiger partial charge in [0.15, 0.2) is 0 Å². The van der Waals surface area contributed by atoms with Gasteiger partial charge in [0.05, 0.1) is 0 Å². The molecule has 1 heterocycles. The van der Waals surface area contributed by atoms with E-state index in [1.807, 2.05) is 6.07 Å². The molecular weight excluding hydrogens is 528 g/mol. The summed E-state index contributed by atoms with van der Waals surface area (Å²) in [4.78, 5) is 16.1. The molecule has 2 unspecified atom stereocenters. The fourth-order valence-electron chi connectivity index (χ4n) is 9.31. The van der Waals surface area contributed by atoms with E-state index in [2.05, 4.69) is 75.4 Å². The van der Waals surface area contributed by atoms with Gasteiger partial charge in [-0.05, 0) is 104 Å². The van der Waals surface area contributed by atoms with Crippen molar-refractivity contribution in [1.29, 1.82) is 0 Å². The van der Waals surface area contributed by atoms with Crippen LogP contribution in [0.2, 0.25) is 0 Å². The van der Waals surface area contributed by atoms with Crippen LogP contribution < -0.4 is 5.32 Å². The molecule has 1 amide bonds. The van der Waals surface area contributed by atoms with Crippen LogP contribution in [-0.4, -0.2) is 23.7 Å². The Morgan fingerprint density at radius 2 is 1.95 bits per heavy atom. The second-order valence-electron chi connectivity index (χ2n) is 15.2. The van der Waals surface area contributed by atoms with Crippen molar-refractivity contribution in [1.82, 2.24) is 10.3 Å². The molecule has 5 rings (SSSR count). The van der Waals surface area contributed by atoms with Crippen LogP contribution >= 0.6 is 0 Å². The molecule has 1 aromatic carbocycles. The van der Waals surface area contributed by atoms with E-state index in [-0.39, 0.29) is 17.6 Å². The van der Waals surface area contributed by atoms with Gasteiger partial charge < -0.3 is 15.0 Å². The third kappa shape index (κ3) is 7.71. The van der Waals surface area contributed by atoms with Crippen LogP contribution in [0.4, 0.5) is 4.79 Å². The van der Waals surface area contributed by atoms with Crippen molar-refractivity contribution < 1.29 is 9.53 Å². The Morgan fingerprint density at radius 1 is 1.12 bits per heavy atom. The molecule has 3 aliphatic carbocycles. The number of carbonyl (C=O) groups is 1. The number of hydrogen-bond acceptors (Lipinski definition) is 2. The Kier molecular flexibility index (Phi) is 11.0. The number of aromatic amines is 1. The number of amides is 1. The molecule has 2 aromatic rings. The predicted molar refractivity (Wildman–Crippen MR) is 180 cm³/mol. The molecule has 4 nitrogen and oxygen atoms in total. The number of fused-ring (bicyclic) bond motifs is 2. The first-order valence-corrected chi connectivity index (χ1v) is 18.0. The van der Waals surface area contributed by atoms with Crippen molar-refractivity contribution in [2.24, 2.45) is 40.9 Å². The van der Waals surface area contributed by atoms with E-state index in [4.69, 9.17) is 4.74 Å². The number of aromatic nitrogens is 1. The Labute approximate surface area is 262 Å². The van der Waals surface area contributed by atoms with Gasteiger partial charge in [0.25, 0.3) is 0 Å². The molecule has 0 aliphatic heterocycles. The number of rotatable bonds is 13. The predicted octanol–water partition coefficient (Wildman–Crippen LogP) is 10.6. The Balaban J connectivity index is 1.15. The van der Waals surface area contributed by atoms with Crippen LogP contribution in [0.5, 0.6) is 0 Å². The van der Waals surface area contributed by atoms with E-state index in [9.17, 15) is 4.79 Å². The van der Waals surface area contributed by atoms with E-state index in [0.717, 1.165) is 66.7 Å². The molecular formula is C39H60N2O2. The van der Waals surface area contributed by atoms with Gasteiger partial charge in [0, 0.05) is 30.1 Å². The molecule has 2 N–H and O–H groups in total. The molecule has 0 bridgehead atoms. The standard InChI is InChI=1S/C39H60N2O2/c1-6-7-14-36-34(30-17-16-29(24-30)28(4)12-10-11-27(2)3)19-18-32-25-33(20-22-39(32,36)5)43-38(42)40-23-21-31-26-41-37-15-9-8-13-35(31)37/h8-9,13,15,18,26-30,33-34,36,41H,6-7,10-12,14,16-17,19-25H2,1-5H3,(H,40,42)/t28-,29?,30?,33+,34+,36+,39+/m1/s1. The Bertz CT molecular complexity index is 1210. The zero-order chi connectivity index (χ0) is 30.4. The molecule has 7 atom stereocenters.